The highest BCUT2D eigenvalue weighted by Gasteiger charge is 2.21. The molecule has 0 saturated carbocycles. The predicted molar refractivity (Wildman–Crippen MR) is 118 cm³/mol. The summed E-state index contributed by atoms with van der Waals surface area (Å²) in [5, 5.41) is 14.6. The maximum absolute atomic E-state index is 13.2. The summed E-state index contributed by atoms with van der Waals surface area (Å²) in [6.45, 7) is -3.18. The van der Waals surface area contributed by atoms with Gasteiger partial charge in [-0.15, -0.1) is 11.3 Å². The molecule has 1 aromatic carbocycles. The van der Waals surface area contributed by atoms with Crippen LogP contribution in [0.5, 0.6) is 5.75 Å². The number of esters is 1. The van der Waals surface area contributed by atoms with Crippen molar-refractivity contribution in [3.8, 4) is 17.0 Å². The molecule has 33 heavy (non-hydrogen) atoms. The van der Waals surface area contributed by atoms with Crippen LogP contribution in [0, 0.1) is 0 Å². The first-order valence-corrected chi connectivity index (χ1v) is 10.6. The van der Waals surface area contributed by atoms with E-state index in [0.717, 1.165) is 10.1 Å². The van der Waals surface area contributed by atoms with E-state index in [1.165, 1.54) is 23.1 Å². The van der Waals surface area contributed by atoms with Gasteiger partial charge >= 0.3 is 12.6 Å². The Morgan fingerprint density at radius 1 is 1.30 bits per heavy atom. The Hall–Kier alpha value is -4.06. The molecule has 9 nitrogen and oxygen atoms in total. The number of ether oxygens (including phenoxy) is 2. The Morgan fingerprint density at radius 3 is 3.00 bits per heavy atom. The van der Waals surface area contributed by atoms with E-state index in [9.17, 15) is 13.6 Å². The van der Waals surface area contributed by atoms with Crippen LogP contribution in [0.25, 0.3) is 27.0 Å². The molecule has 168 valence electrons. The minimum Gasteiger partial charge on any atom is -0.468 e. The van der Waals surface area contributed by atoms with Crippen LogP contribution >= 0.6 is 11.3 Å². The first-order chi connectivity index (χ1) is 16.0. The molecule has 0 unspecified atom stereocenters. The van der Waals surface area contributed by atoms with Gasteiger partial charge in [0.15, 0.2) is 5.65 Å². The van der Waals surface area contributed by atoms with Crippen molar-refractivity contribution in [3.63, 3.8) is 0 Å². The monoisotopic (exact) mass is 470 g/mol. The third-order valence-corrected chi connectivity index (χ3v) is 5.73. The average molecular weight is 470 g/mol. The highest BCUT2D eigenvalue weighted by Crippen LogP contribution is 2.40. The average Bonchev–Trinajstić information content (AvgIpc) is 3.52. The van der Waals surface area contributed by atoms with E-state index in [1.807, 2.05) is 11.4 Å². The van der Waals surface area contributed by atoms with E-state index in [4.69, 9.17) is 9.47 Å². The second kappa shape index (κ2) is 8.47. The summed E-state index contributed by atoms with van der Waals surface area (Å²) in [7, 11) is 1.27. The van der Waals surface area contributed by atoms with Crippen molar-refractivity contribution < 1.29 is 23.0 Å². The zero-order valence-electron chi connectivity index (χ0n) is 17.1. The molecule has 12 heteroatoms. The minimum atomic E-state index is -3.02. The molecule has 0 spiro atoms. The van der Waals surface area contributed by atoms with Crippen LogP contribution in [0.4, 0.5) is 20.2 Å². The molecule has 0 bridgehead atoms. The van der Waals surface area contributed by atoms with Gasteiger partial charge in [-0.25, -0.2) is 9.50 Å². The summed E-state index contributed by atoms with van der Waals surface area (Å²) in [4.78, 5) is 16.1. The summed E-state index contributed by atoms with van der Waals surface area (Å²) >= 11 is 1.46. The van der Waals surface area contributed by atoms with Crippen molar-refractivity contribution in [2.24, 2.45) is 0 Å². The van der Waals surface area contributed by atoms with Crippen LogP contribution in [0.1, 0.15) is 0 Å². The van der Waals surface area contributed by atoms with Crippen molar-refractivity contribution in [3.05, 3.63) is 54.4 Å². The topological polar surface area (TPSA) is 95.6 Å². The quantitative estimate of drug-likeness (QED) is 0.354. The van der Waals surface area contributed by atoms with Gasteiger partial charge in [-0.05, 0) is 35.0 Å². The summed E-state index contributed by atoms with van der Waals surface area (Å²) < 4.78 is 39.8. The molecule has 1 N–H and O–H groups in total. The van der Waals surface area contributed by atoms with Gasteiger partial charge in [-0.1, -0.05) is 0 Å². The molecule has 0 atom stereocenters. The number of carbonyl (C=O) groups is 1. The Kier molecular flexibility index (Phi) is 5.34. The van der Waals surface area contributed by atoms with Gasteiger partial charge in [0, 0.05) is 28.9 Å². The van der Waals surface area contributed by atoms with Crippen LogP contribution in [0.2, 0.25) is 0 Å². The fourth-order valence-corrected chi connectivity index (χ4v) is 4.23. The Bertz CT molecular complexity index is 1460. The van der Waals surface area contributed by atoms with Crippen LogP contribution in [0.3, 0.4) is 0 Å². The van der Waals surface area contributed by atoms with Gasteiger partial charge in [-0.3, -0.25) is 9.48 Å². The van der Waals surface area contributed by atoms with E-state index in [1.54, 1.807) is 47.5 Å². The highest BCUT2D eigenvalue weighted by molar-refractivity contribution is 7.17. The van der Waals surface area contributed by atoms with E-state index in [2.05, 4.69) is 20.5 Å². The lowest BCUT2D eigenvalue weighted by atomic mass is 10.1. The third-order valence-electron chi connectivity index (χ3n) is 4.85. The smallest absolute Gasteiger partial charge is 0.387 e. The fourth-order valence-electron chi connectivity index (χ4n) is 3.42. The summed E-state index contributed by atoms with van der Waals surface area (Å²) in [5.74, 6) is -0.536. The normalized spacial score (nSPS) is 11.4. The number of anilines is 2. The summed E-state index contributed by atoms with van der Waals surface area (Å²) in [5.41, 5.74) is 2.25. The van der Waals surface area contributed by atoms with Gasteiger partial charge in [0.1, 0.15) is 23.7 Å². The van der Waals surface area contributed by atoms with E-state index < -0.39 is 12.6 Å². The zero-order chi connectivity index (χ0) is 22.9. The number of methoxy groups -OCH3 is 1. The molecule has 0 aliphatic carbocycles. The molecular weight excluding hydrogens is 454 g/mol. The number of carbonyl (C=O) groups excluding carboxylic acids is 1. The molecule has 0 amide bonds. The molecule has 0 saturated heterocycles. The number of hydrogen-bond acceptors (Lipinski definition) is 8. The molecule has 4 aromatic heterocycles. The molecule has 0 aliphatic rings. The molecule has 0 aliphatic heterocycles. The van der Waals surface area contributed by atoms with E-state index in [-0.39, 0.29) is 12.3 Å². The maximum Gasteiger partial charge on any atom is 0.387 e. The van der Waals surface area contributed by atoms with Gasteiger partial charge < -0.3 is 14.8 Å². The predicted octanol–water partition coefficient (Wildman–Crippen LogP) is 4.33. The van der Waals surface area contributed by atoms with Crippen molar-refractivity contribution in [1.29, 1.82) is 0 Å². The van der Waals surface area contributed by atoms with Crippen molar-refractivity contribution >= 4 is 44.4 Å². The number of halogens is 2. The maximum atomic E-state index is 13.2. The number of fused-ring (bicyclic) bond motifs is 2. The lowest BCUT2D eigenvalue weighted by Crippen LogP contribution is -2.11. The van der Waals surface area contributed by atoms with Crippen molar-refractivity contribution in [1.82, 2.24) is 24.4 Å². The van der Waals surface area contributed by atoms with Crippen LogP contribution < -0.4 is 10.1 Å². The second-order valence-corrected chi connectivity index (χ2v) is 7.87. The lowest BCUT2D eigenvalue weighted by molar-refractivity contribution is -0.141. The fraction of sp³-hybridized carbons (Fsp3) is 0.143. The molecule has 5 aromatic rings. The highest BCUT2D eigenvalue weighted by atomic mass is 32.1. The Labute approximate surface area is 189 Å². The molecule has 4 heterocycles. The van der Waals surface area contributed by atoms with Gasteiger partial charge in [0.2, 0.25) is 0 Å². The summed E-state index contributed by atoms with van der Waals surface area (Å²) in [6, 6.07) is 6.85. The first-order valence-electron chi connectivity index (χ1n) is 9.68. The number of alkyl halides is 2. The number of hydrogen-bond donors (Lipinski definition) is 1. The van der Waals surface area contributed by atoms with Gasteiger partial charge in [-0.2, -0.15) is 19.0 Å². The standard InChI is InChI=1S/C21H16F2N6O3S/c1-31-18(30)11-28-10-15(26-14-9-25-29-5-2-4-24-20(14)29)19(27-28)13-8-17-12(3-6-33-17)7-16(13)32-21(22)23/h2-10,21,26H,11H2,1H3. The first kappa shape index (κ1) is 20.8. The molecule has 0 fully saturated rings. The third kappa shape index (κ3) is 4.07. The Balaban J connectivity index is 1.65. The van der Waals surface area contributed by atoms with E-state index in [0.29, 0.717) is 28.3 Å². The number of thiophene rings is 1. The van der Waals surface area contributed by atoms with Gasteiger partial charge in [0.25, 0.3) is 0 Å². The number of nitrogens with zero attached hydrogens (tertiary/aromatic N) is 5. The van der Waals surface area contributed by atoms with Gasteiger partial charge in [0.05, 0.1) is 19.0 Å². The lowest BCUT2D eigenvalue weighted by Gasteiger charge is -2.11. The SMILES string of the molecule is COC(=O)Cn1cc(Nc2cnn3cccnc23)c(-c2cc3sccc3cc2OC(F)F)n1. The number of rotatable bonds is 7. The largest absolute Gasteiger partial charge is 0.468 e. The Morgan fingerprint density at radius 2 is 2.18 bits per heavy atom. The van der Waals surface area contributed by atoms with E-state index >= 15 is 0 Å². The molecule has 5 rings (SSSR count). The number of aromatic nitrogens is 5. The summed E-state index contributed by atoms with van der Waals surface area (Å²) in [6.07, 6.45) is 6.55. The van der Waals surface area contributed by atoms with Crippen LogP contribution in [-0.2, 0) is 16.1 Å². The van der Waals surface area contributed by atoms with Crippen molar-refractivity contribution in [2.75, 3.05) is 12.4 Å². The zero-order valence-corrected chi connectivity index (χ0v) is 17.9. The molecular formula is C21H16F2N6O3S. The molecule has 0 radical (unpaired) electrons. The second-order valence-electron chi connectivity index (χ2n) is 6.92. The number of nitrogens with one attached hydrogen (secondary N) is 1. The van der Waals surface area contributed by atoms with Crippen molar-refractivity contribution in [2.45, 2.75) is 13.2 Å². The van der Waals surface area contributed by atoms with Crippen LogP contribution in [-0.4, -0.2) is 44.1 Å². The number of benzene rings is 1. The van der Waals surface area contributed by atoms with Crippen LogP contribution in [0.15, 0.2) is 54.4 Å². The minimum absolute atomic E-state index is 0.0275.